The fourth-order valence-corrected chi connectivity index (χ4v) is 5.65. The minimum absolute atomic E-state index is 0.223. The first-order chi connectivity index (χ1) is 15.1. The fraction of sp³-hybridized carbons (Fsp3) is 0.125. The summed E-state index contributed by atoms with van der Waals surface area (Å²) in [5.74, 6) is -0.223. The average Bonchev–Trinajstić information content (AvgIpc) is 3.19. The van der Waals surface area contributed by atoms with Gasteiger partial charge in [-0.3, -0.25) is 9.10 Å². The number of aryl methyl sites for hydroxylation is 2. The normalized spacial score (nSPS) is 11.5. The molecule has 0 spiro atoms. The minimum atomic E-state index is -3.69. The monoisotopic (exact) mass is 484 g/mol. The van der Waals surface area contributed by atoms with E-state index in [0.717, 1.165) is 21.2 Å². The number of fused-ring (bicyclic) bond motifs is 1. The zero-order chi connectivity index (χ0) is 23.0. The maximum absolute atomic E-state index is 13.0. The van der Waals surface area contributed by atoms with Gasteiger partial charge in [-0.05, 0) is 79.4 Å². The number of sulfonamides is 1. The second kappa shape index (κ2) is 8.58. The summed E-state index contributed by atoms with van der Waals surface area (Å²) < 4.78 is 28.2. The first-order valence-corrected chi connectivity index (χ1v) is 12.5. The minimum Gasteiger partial charge on any atom is -0.321 e. The number of hydrogen-bond donors (Lipinski definition) is 1. The Morgan fingerprint density at radius 3 is 2.38 bits per heavy atom. The lowest BCUT2D eigenvalue weighted by atomic mass is 10.2. The van der Waals surface area contributed by atoms with Gasteiger partial charge in [0.15, 0.2) is 0 Å². The maximum Gasteiger partial charge on any atom is 0.265 e. The number of amides is 1. The van der Waals surface area contributed by atoms with Crippen molar-refractivity contribution in [3.8, 4) is 0 Å². The Kier molecular flexibility index (Phi) is 5.99. The smallest absolute Gasteiger partial charge is 0.265 e. The van der Waals surface area contributed by atoms with Gasteiger partial charge in [0, 0.05) is 22.5 Å². The lowest BCUT2D eigenvalue weighted by Crippen LogP contribution is -2.26. The van der Waals surface area contributed by atoms with Crippen LogP contribution in [0.1, 0.15) is 20.8 Å². The van der Waals surface area contributed by atoms with Crippen LogP contribution < -0.4 is 9.62 Å². The van der Waals surface area contributed by atoms with Crippen molar-refractivity contribution in [3.05, 3.63) is 87.8 Å². The molecule has 1 aromatic heterocycles. The molecule has 0 aliphatic carbocycles. The Morgan fingerprint density at radius 1 is 0.969 bits per heavy atom. The molecule has 0 aliphatic rings. The Hall–Kier alpha value is -2.87. The Balaban J connectivity index is 1.61. The standard InChI is InChI=1S/C24H21ClN2O3S2/c1-15-4-8-20(9-5-15)32(29,30)27(3)19-7-11-22-17(13-19)14-23(31-22)24(28)26-21-10-6-18(25)12-16(21)2/h4-14H,1-3H3,(H,26,28). The van der Waals surface area contributed by atoms with E-state index in [4.69, 9.17) is 11.6 Å². The molecule has 1 N–H and O–H groups in total. The van der Waals surface area contributed by atoms with Crippen molar-refractivity contribution in [1.82, 2.24) is 0 Å². The van der Waals surface area contributed by atoms with Crippen LogP contribution in [0, 0.1) is 13.8 Å². The molecular formula is C24H21ClN2O3S2. The first kappa shape index (κ1) is 22.3. The van der Waals surface area contributed by atoms with E-state index < -0.39 is 10.0 Å². The van der Waals surface area contributed by atoms with Gasteiger partial charge in [-0.25, -0.2) is 8.42 Å². The van der Waals surface area contributed by atoms with Crippen LogP contribution in [0.4, 0.5) is 11.4 Å². The van der Waals surface area contributed by atoms with Crippen molar-refractivity contribution in [1.29, 1.82) is 0 Å². The van der Waals surface area contributed by atoms with E-state index in [2.05, 4.69) is 5.32 Å². The molecule has 0 fully saturated rings. The third-order valence-electron chi connectivity index (χ3n) is 5.20. The van der Waals surface area contributed by atoms with Crippen molar-refractivity contribution in [2.75, 3.05) is 16.7 Å². The predicted octanol–water partition coefficient (Wildman–Crippen LogP) is 6.25. The number of benzene rings is 3. The molecular weight excluding hydrogens is 464 g/mol. The van der Waals surface area contributed by atoms with E-state index in [-0.39, 0.29) is 10.8 Å². The first-order valence-electron chi connectivity index (χ1n) is 9.82. The third kappa shape index (κ3) is 4.37. The van der Waals surface area contributed by atoms with Gasteiger partial charge in [-0.2, -0.15) is 0 Å². The highest BCUT2D eigenvalue weighted by atomic mass is 35.5. The highest BCUT2D eigenvalue weighted by Crippen LogP contribution is 2.32. The molecule has 0 aliphatic heterocycles. The van der Waals surface area contributed by atoms with Crippen LogP contribution in [0.25, 0.3) is 10.1 Å². The molecule has 164 valence electrons. The zero-order valence-corrected chi connectivity index (χ0v) is 20.1. The number of nitrogens with one attached hydrogen (secondary N) is 1. The van der Waals surface area contributed by atoms with Crippen molar-refractivity contribution in [2.45, 2.75) is 18.7 Å². The molecule has 4 aromatic rings. The number of rotatable bonds is 5. The van der Waals surface area contributed by atoms with Crippen molar-refractivity contribution in [2.24, 2.45) is 0 Å². The molecule has 5 nitrogen and oxygen atoms in total. The molecule has 32 heavy (non-hydrogen) atoms. The van der Waals surface area contributed by atoms with Crippen LogP contribution in [0.3, 0.4) is 0 Å². The molecule has 0 radical (unpaired) electrons. The number of carbonyl (C=O) groups excluding carboxylic acids is 1. The van der Waals surface area contributed by atoms with Crippen molar-refractivity contribution in [3.63, 3.8) is 0 Å². The average molecular weight is 485 g/mol. The van der Waals surface area contributed by atoms with Gasteiger partial charge in [0.2, 0.25) is 0 Å². The summed E-state index contributed by atoms with van der Waals surface area (Å²) in [6.45, 7) is 3.79. The Morgan fingerprint density at radius 2 is 1.69 bits per heavy atom. The topological polar surface area (TPSA) is 66.5 Å². The second-order valence-electron chi connectivity index (χ2n) is 7.53. The quantitative estimate of drug-likeness (QED) is 0.364. The Bertz CT molecular complexity index is 1430. The van der Waals surface area contributed by atoms with E-state index in [1.165, 1.54) is 22.7 Å². The van der Waals surface area contributed by atoms with E-state index >= 15 is 0 Å². The SMILES string of the molecule is Cc1ccc(S(=O)(=O)N(C)c2ccc3sc(C(=O)Nc4ccc(Cl)cc4C)cc3c2)cc1. The fourth-order valence-electron chi connectivity index (χ4n) is 3.30. The molecule has 1 amide bonds. The van der Waals surface area contributed by atoms with Gasteiger partial charge in [0.05, 0.1) is 15.5 Å². The molecule has 1 heterocycles. The third-order valence-corrected chi connectivity index (χ3v) is 8.35. The highest BCUT2D eigenvalue weighted by molar-refractivity contribution is 7.92. The molecule has 3 aromatic carbocycles. The van der Waals surface area contributed by atoms with Gasteiger partial charge >= 0.3 is 0 Å². The summed E-state index contributed by atoms with van der Waals surface area (Å²) in [5, 5.41) is 4.32. The summed E-state index contributed by atoms with van der Waals surface area (Å²) in [6.07, 6.45) is 0. The molecule has 4 rings (SSSR count). The van der Waals surface area contributed by atoms with Gasteiger partial charge in [0.1, 0.15) is 0 Å². The zero-order valence-electron chi connectivity index (χ0n) is 17.7. The summed E-state index contributed by atoms with van der Waals surface area (Å²) in [4.78, 5) is 13.5. The van der Waals surface area contributed by atoms with Crippen LogP contribution in [0.5, 0.6) is 0 Å². The molecule has 0 saturated heterocycles. The Labute approximate surface area is 196 Å². The number of thiophene rings is 1. The van der Waals surface area contributed by atoms with Crippen molar-refractivity contribution < 1.29 is 13.2 Å². The molecule has 0 bridgehead atoms. The van der Waals surface area contributed by atoms with E-state index in [1.807, 2.05) is 19.9 Å². The summed E-state index contributed by atoms with van der Waals surface area (Å²) >= 11 is 7.34. The molecule has 0 unspecified atom stereocenters. The van der Waals surface area contributed by atoms with E-state index in [0.29, 0.717) is 21.3 Å². The van der Waals surface area contributed by atoms with Crippen LogP contribution >= 0.6 is 22.9 Å². The summed E-state index contributed by atoms with van der Waals surface area (Å²) in [6, 6.07) is 19.2. The lowest BCUT2D eigenvalue weighted by Gasteiger charge is -2.19. The van der Waals surface area contributed by atoms with Gasteiger partial charge in [-0.1, -0.05) is 29.3 Å². The number of nitrogens with zero attached hydrogens (tertiary/aromatic N) is 1. The molecule has 0 saturated carbocycles. The van der Waals surface area contributed by atoms with E-state index in [9.17, 15) is 13.2 Å². The summed E-state index contributed by atoms with van der Waals surface area (Å²) in [5.41, 5.74) is 3.08. The number of halogens is 1. The summed E-state index contributed by atoms with van der Waals surface area (Å²) in [7, 11) is -2.16. The predicted molar refractivity (Wildman–Crippen MR) is 133 cm³/mol. The van der Waals surface area contributed by atoms with Crippen LogP contribution in [0.15, 0.2) is 71.6 Å². The lowest BCUT2D eigenvalue weighted by molar-refractivity contribution is 0.103. The van der Waals surface area contributed by atoms with Crippen molar-refractivity contribution >= 4 is 60.3 Å². The van der Waals surface area contributed by atoms with Gasteiger partial charge in [-0.15, -0.1) is 11.3 Å². The van der Waals surface area contributed by atoms with E-state index in [1.54, 1.807) is 60.7 Å². The number of anilines is 2. The van der Waals surface area contributed by atoms with Crippen LogP contribution in [0.2, 0.25) is 5.02 Å². The number of carbonyl (C=O) groups is 1. The van der Waals surface area contributed by atoms with Crippen LogP contribution in [-0.4, -0.2) is 21.4 Å². The van der Waals surface area contributed by atoms with Crippen LogP contribution in [-0.2, 0) is 10.0 Å². The molecule has 8 heteroatoms. The highest BCUT2D eigenvalue weighted by Gasteiger charge is 2.22. The second-order valence-corrected chi connectivity index (χ2v) is 11.0. The largest absolute Gasteiger partial charge is 0.321 e. The van der Waals surface area contributed by atoms with Gasteiger partial charge in [0.25, 0.3) is 15.9 Å². The number of hydrogen-bond acceptors (Lipinski definition) is 4. The molecule has 0 atom stereocenters. The maximum atomic E-state index is 13.0. The van der Waals surface area contributed by atoms with Gasteiger partial charge < -0.3 is 5.32 Å².